The lowest BCUT2D eigenvalue weighted by Crippen LogP contribution is -2.42. The molecule has 0 saturated carbocycles. The fourth-order valence-electron chi connectivity index (χ4n) is 2.85. The van der Waals surface area contributed by atoms with Crippen molar-refractivity contribution in [3.8, 4) is 11.1 Å². The van der Waals surface area contributed by atoms with Crippen molar-refractivity contribution in [2.45, 2.75) is 31.3 Å². The van der Waals surface area contributed by atoms with Crippen LogP contribution in [0.15, 0.2) is 48.8 Å². The maximum Gasteiger partial charge on any atom is 0.0450 e. The molecule has 1 aromatic carbocycles. The second-order valence-corrected chi connectivity index (χ2v) is 5.45. The third-order valence-corrected chi connectivity index (χ3v) is 4.07. The number of nitrogens with two attached hydrogens (primary N) is 1. The molecule has 0 radical (unpaired) electrons. The molecule has 0 bridgehead atoms. The van der Waals surface area contributed by atoms with E-state index >= 15 is 0 Å². The summed E-state index contributed by atoms with van der Waals surface area (Å²) in [6, 6.07) is 13.1. The molecule has 104 valence electrons. The van der Waals surface area contributed by atoms with Gasteiger partial charge in [0.1, 0.15) is 0 Å². The van der Waals surface area contributed by atoms with E-state index in [9.17, 15) is 0 Å². The van der Waals surface area contributed by atoms with Gasteiger partial charge in [0.15, 0.2) is 0 Å². The fraction of sp³-hybridized carbons (Fsp3) is 0.353. The summed E-state index contributed by atoms with van der Waals surface area (Å²) in [5.41, 5.74) is 9.92. The molecule has 2 atom stereocenters. The lowest BCUT2D eigenvalue weighted by Gasteiger charge is -2.29. The molecule has 0 spiro atoms. The topological polar surface area (TPSA) is 50.9 Å². The molecule has 1 saturated heterocycles. The molecule has 1 fully saturated rings. The Kier molecular flexibility index (Phi) is 4.09. The minimum absolute atomic E-state index is 0.0817. The van der Waals surface area contributed by atoms with Crippen LogP contribution in [0.25, 0.3) is 11.1 Å². The predicted molar refractivity (Wildman–Crippen MR) is 82.2 cm³/mol. The molecule has 1 aliphatic heterocycles. The van der Waals surface area contributed by atoms with E-state index in [0.717, 1.165) is 12.1 Å². The van der Waals surface area contributed by atoms with Gasteiger partial charge < -0.3 is 11.1 Å². The number of hydrogen-bond acceptors (Lipinski definition) is 3. The van der Waals surface area contributed by atoms with Crippen molar-refractivity contribution < 1.29 is 0 Å². The van der Waals surface area contributed by atoms with Gasteiger partial charge in [0.05, 0.1) is 0 Å². The zero-order chi connectivity index (χ0) is 13.8. The van der Waals surface area contributed by atoms with E-state index in [1.54, 1.807) is 6.20 Å². The molecule has 1 aromatic heterocycles. The molecule has 20 heavy (non-hydrogen) atoms. The molecule has 0 aliphatic carbocycles. The number of pyridine rings is 1. The van der Waals surface area contributed by atoms with Gasteiger partial charge in [0.2, 0.25) is 0 Å². The maximum atomic E-state index is 6.38. The summed E-state index contributed by atoms with van der Waals surface area (Å²) in [7, 11) is 0. The second-order valence-electron chi connectivity index (χ2n) is 5.45. The summed E-state index contributed by atoms with van der Waals surface area (Å²) in [5, 5.41) is 3.53. The minimum atomic E-state index is 0.0817. The van der Waals surface area contributed by atoms with Gasteiger partial charge in [-0.2, -0.15) is 0 Å². The average Bonchev–Trinajstić information content (AvgIpc) is 2.56. The summed E-state index contributed by atoms with van der Waals surface area (Å²) in [5.74, 6) is 0. The van der Waals surface area contributed by atoms with Crippen LogP contribution in [-0.4, -0.2) is 17.6 Å². The molecule has 3 heteroatoms. The van der Waals surface area contributed by atoms with Gasteiger partial charge in [-0.1, -0.05) is 36.8 Å². The Morgan fingerprint density at radius 2 is 1.95 bits per heavy atom. The van der Waals surface area contributed by atoms with Crippen molar-refractivity contribution in [2.75, 3.05) is 6.54 Å². The summed E-state index contributed by atoms with van der Waals surface area (Å²) < 4.78 is 0. The highest BCUT2D eigenvalue weighted by Gasteiger charge is 2.21. The average molecular weight is 267 g/mol. The zero-order valence-electron chi connectivity index (χ0n) is 11.6. The van der Waals surface area contributed by atoms with E-state index in [1.807, 2.05) is 12.3 Å². The standard InChI is InChI=1S/C17H21N3/c18-17(16-5-1-2-11-20-16)14-8-6-13(7-9-14)15-4-3-10-19-12-15/h3-4,6-10,12,16-17,20H,1-2,5,11,18H2/t16-,17-/m0/s1. The highest BCUT2D eigenvalue weighted by atomic mass is 15.0. The van der Waals surface area contributed by atoms with Crippen LogP contribution in [0.1, 0.15) is 30.9 Å². The van der Waals surface area contributed by atoms with Crippen molar-refractivity contribution >= 4 is 0 Å². The molecule has 2 heterocycles. The van der Waals surface area contributed by atoms with Gasteiger partial charge in [0.25, 0.3) is 0 Å². The third-order valence-electron chi connectivity index (χ3n) is 4.07. The molecule has 3 N–H and O–H groups in total. The summed E-state index contributed by atoms with van der Waals surface area (Å²) >= 11 is 0. The van der Waals surface area contributed by atoms with Crippen LogP contribution < -0.4 is 11.1 Å². The Labute approximate surface area is 120 Å². The quantitative estimate of drug-likeness (QED) is 0.899. The Bertz CT molecular complexity index is 530. The molecule has 0 amide bonds. The van der Waals surface area contributed by atoms with Crippen molar-refractivity contribution in [1.29, 1.82) is 0 Å². The predicted octanol–water partition coefficient (Wildman–Crippen LogP) is 2.89. The monoisotopic (exact) mass is 267 g/mol. The van der Waals surface area contributed by atoms with E-state index < -0.39 is 0 Å². The zero-order valence-corrected chi connectivity index (χ0v) is 11.6. The Morgan fingerprint density at radius 3 is 2.60 bits per heavy atom. The van der Waals surface area contributed by atoms with Crippen LogP contribution in [-0.2, 0) is 0 Å². The normalized spacial score (nSPS) is 20.6. The first-order valence-electron chi connectivity index (χ1n) is 7.34. The van der Waals surface area contributed by atoms with Crippen LogP contribution in [0.2, 0.25) is 0 Å². The molecular weight excluding hydrogens is 246 g/mol. The molecule has 3 rings (SSSR count). The lowest BCUT2D eigenvalue weighted by molar-refractivity contribution is 0.354. The Hall–Kier alpha value is -1.71. The van der Waals surface area contributed by atoms with Crippen LogP contribution in [0.4, 0.5) is 0 Å². The molecule has 3 nitrogen and oxygen atoms in total. The van der Waals surface area contributed by atoms with E-state index in [2.05, 4.69) is 40.6 Å². The van der Waals surface area contributed by atoms with Crippen LogP contribution >= 0.6 is 0 Å². The Morgan fingerprint density at radius 1 is 1.10 bits per heavy atom. The van der Waals surface area contributed by atoms with E-state index in [1.165, 1.54) is 30.4 Å². The number of hydrogen-bond donors (Lipinski definition) is 2. The van der Waals surface area contributed by atoms with Crippen molar-refractivity contribution in [3.63, 3.8) is 0 Å². The second kappa shape index (κ2) is 6.16. The number of nitrogens with zero attached hydrogens (tertiary/aromatic N) is 1. The van der Waals surface area contributed by atoms with Gasteiger partial charge in [-0.15, -0.1) is 0 Å². The summed E-state index contributed by atoms with van der Waals surface area (Å²) in [6.07, 6.45) is 7.40. The highest BCUT2D eigenvalue weighted by molar-refractivity contribution is 5.62. The molecule has 1 aliphatic rings. The maximum absolute atomic E-state index is 6.38. The SMILES string of the molecule is N[C@@H](c1ccc(-c2cccnc2)cc1)[C@@H]1CCCCN1. The number of nitrogens with one attached hydrogen (secondary N) is 1. The number of rotatable bonds is 3. The molecular formula is C17H21N3. The Balaban J connectivity index is 1.75. The van der Waals surface area contributed by atoms with Gasteiger partial charge in [-0.05, 0) is 42.1 Å². The van der Waals surface area contributed by atoms with Crippen molar-refractivity contribution in [2.24, 2.45) is 5.73 Å². The van der Waals surface area contributed by atoms with Gasteiger partial charge in [-0.25, -0.2) is 0 Å². The smallest absolute Gasteiger partial charge is 0.0450 e. The largest absolute Gasteiger partial charge is 0.323 e. The minimum Gasteiger partial charge on any atom is -0.323 e. The number of benzene rings is 1. The van der Waals surface area contributed by atoms with Gasteiger partial charge in [0, 0.05) is 24.5 Å². The van der Waals surface area contributed by atoms with Crippen molar-refractivity contribution in [3.05, 3.63) is 54.4 Å². The fourth-order valence-corrected chi connectivity index (χ4v) is 2.85. The summed E-state index contributed by atoms with van der Waals surface area (Å²) in [4.78, 5) is 4.16. The van der Waals surface area contributed by atoms with E-state index in [-0.39, 0.29) is 6.04 Å². The highest BCUT2D eigenvalue weighted by Crippen LogP contribution is 2.24. The van der Waals surface area contributed by atoms with Crippen LogP contribution in [0.3, 0.4) is 0 Å². The first kappa shape index (κ1) is 13.3. The van der Waals surface area contributed by atoms with Crippen LogP contribution in [0, 0.1) is 0 Å². The first-order valence-corrected chi connectivity index (χ1v) is 7.34. The third kappa shape index (κ3) is 2.89. The van der Waals surface area contributed by atoms with Gasteiger partial charge >= 0.3 is 0 Å². The number of aromatic nitrogens is 1. The lowest BCUT2D eigenvalue weighted by atomic mass is 9.92. The van der Waals surface area contributed by atoms with E-state index in [0.29, 0.717) is 6.04 Å². The van der Waals surface area contributed by atoms with E-state index in [4.69, 9.17) is 5.73 Å². The molecule has 0 unspecified atom stereocenters. The number of piperidine rings is 1. The first-order chi connectivity index (χ1) is 9.84. The summed E-state index contributed by atoms with van der Waals surface area (Å²) in [6.45, 7) is 1.09. The van der Waals surface area contributed by atoms with Gasteiger partial charge in [-0.3, -0.25) is 4.98 Å². The van der Waals surface area contributed by atoms with Crippen LogP contribution in [0.5, 0.6) is 0 Å². The molecule has 2 aromatic rings. The van der Waals surface area contributed by atoms with Crippen molar-refractivity contribution in [1.82, 2.24) is 10.3 Å².